The number of rotatable bonds is 4. The molecule has 0 unspecified atom stereocenters. The van der Waals surface area contributed by atoms with E-state index < -0.39 is 12.1 Å². The summed E-state index contributed by atoms with van der Waals surface area (Å²) >= 11 is 1.51. The summed E-state index contributed by atoms with van der Waals surface area (Å²) in [5.41, 5.74) is 3.05. The van der Waals surface area contributed by atoms with Gasteiger partial charge in [0.2, 0.25) is 5.78 Å². The Bertz CT molecular complexity index is 785. The number of carbonyl (C=O) groups excluding carboxylic acids is 2. The standard InChI is InChI=1S/C22H26O3S/c1-14(20(23)15-9-11-17(12-10-15)22(2,3)4)25-21(24)19-13-16-7-5-6-8-18(16)26-19/h9-14H,5-8H2,1-4H3/t14-/m0/s1. The lowest BCUT2D eigenvalue weighted by Crippen LogP contribution is -2.24. The molecule has 4 heteroatoms. The van der Waals surface area contributed by atoms with Gasteiger partial charge in [-0.15, -0.1) is 11.3 Å². The highest BCUT2D eigenvalue weighted by Gasteiger charge is 2.24. The molecule has 1 aliphatic rings. The van der Waals surface area contributed by atoms with Crippen LogP contribution in [0.5, 0.6) is 0 Å². The van der Waals surface area contributed by atoms with E-state index in [9.17, 15) is 9.59 Å². The number of fused-ring (bicyclic) bond motifs is 1. The third kappa shape index (κ3) is 4.07. The Morgan fingerprint density at radius 2 is 1.73 bits per heavy atom. The van der Waals surface area contributed by atoms with Gasteiger partial charge in [-0.3, -0.25) is 4.79 Å². The second-order valence-corrected chi connectivity index (χ2v) is 9.14. The molecule has 0 bridgehead atoms. The van der Waals surface area contributed by atoms with Gasteiger partial charge in [0.1, 0.15) is 4.88 Å². The van der Waals surface area contributed by atoms with E-state index in [2.05, 4.69) is 20.8 Å². The van der Waals surface area contributed by atoms with Crippen molar-refractivity contribution in [3.05, 3.63) is 56.8 Å². The van der Waals surface area contributed by atoms with E-state index in [1.165, 1.54) is 40.2 Å². The molecule has 0 amide bonds. The van der Waals surface area contributed by atoms with Crippen LogP contribution in [-0.2, 0) is 23.0 Å². The number of ether oxygens (including phenoxy) is 1. The molecule has 0 saturated carbocycles. The Hall–Kier alpha value is -1.94. The molecule has 2 aromatic rings. The molecule has 3 rings (SSSR count). The van der Waals surface area contributed by atoms with Crippen LogP contribution >= 0.6 is 11.3 Å². The molecule has 0 fully saturated rings. The van der Waals surface area contributed by atoms with Crippen molar-refractivity contribution in [2.45, 2.75) is 64.9 Å². The highest BCUT2D eigenvalue weighted by atomic mass is 32.1. The minimum atomic E-state index is -0.790. The number of Topliss-reactive ketones (excluding diaryl/α,β-unsaturated/α-hetero) is 1. The van der Waals surface area contributed by atoms with Crippen LogP contribution in [0.4, 0.5) is 0 Å². The molecule has 26 heavy (non-hydrogen) atoms. The average Bonchev–Trinajstić information content (AvgIpc) is 3.04. The Balaban J connectivity index is 1.67. The first-order valence-corrected chi connectivity index (χ1v) is 10.0. The third-order valence-corrected chi connectivity index (χ3v) is 6.10. The summed E-state index contributed by atoms with van der Waals surface area (Å²) in [6.45, 7) is 8.05. The molecule has 1 aromatic heterocycles. The van der Waals surface area contributed by atoms with E-state index in [1.54, 1.807) is 6.92 Å². The van der Waals surface area contributed by atoms with Crippen molar-refractivity contribution < 1.29 is 14.3 Å². The lowest BCUT2D eigenvalue weighted by Gasteiger charge is -2.19. The molecule has 0 aliphatic heterocycles. The Labute approximate surface area is 159 Å². The summed E-state index contributed by atoms with van der Waals surface area (Å²) in [4.78, 5) is 26.9. The maximum atomic E-state index is 12.6. The second-order valence-electron chi connectivity index (χ2n) is 8.01. The van der Waals surface area contributed by atoms with Gasteiger partial charge in [0.15, 0.2) is 6.10 Å². The van der Waals surface area contributed by atoms with Crippen LogP contribution < -0.4 is 0 Å². The lowest BCUT2D eigenvalue weighted by atomic mass is 9.86. The fourth-order valence-corrected chi connectivity index (χ4v) is 4.37. The van der Waals surface area contributed by atoms with Gasteiger partial charge in [-0.1, -0.05) is 45.0 Å². The Morgan fingerprint density at radius 1 is 1.08 bits per heavy atom. The van der Waals surface area contributed by atoms with Gasteiger partial charge in [-0.05, 0) is 55.2 Å². The third-order valence-electron chi connectivity index (χ3n) is 4.89. The number of benzene rings is 1. The maximum Gasteiger partial charge on any atom is 0.349 e. The molecular formula is C22H26O3S. The topological polar surface area (TPSA) is 43.4 Å². The van der Waals surface area contributed by atoms with Gasteiger partial charge in [0, 0.05) is 10.4 Å². The van der Waals surface area contributed by atoms with E-state index in [0.29, 0.717) is 10.4 Å². The Morgan fingerprint density at radius 3 is 2.35 bits per heavy atom. The molecule has 0 radical (unpaired) electrons. The summed E-state index contributed by atoms with van der Waals surface area (Å²) in [5, 5.41) is 0. The number of hydrogen-bond donors (Lipinski definition) is 0. The van der Waals surface area contributed by atoms with E-state index >= 15 is 0 Å². The smallest absolute Gasteiger partial charge is 0.349 e. The summed E-state index contributed by atoms with van der Waals surface area (Å²) in [6, 6.07) is 9.51. The number of thiophene rings is 1. The average molecular weight is 371 g/mol. The zero-order valence-corrected chi connectivity index (χ0v) is 16.7. The summed E-state index contributed by atoms with van der Waals surface area (Å²) < 4.78 is 5.45. The van der Waals surface area contributed by atoms with Crippen LogP contribution in [0.15, 0.2) is 30.3 Å². The lowest BCUT2D eigenvalue weighted by molar-refractivity contribution is 0.0323. The first kappa shape index (κ1) is 18.8. The minimum absolute atomic E-state index is 0.0396. The molecule has 1 aliphatic carbocycles. The molecule has 0 spiro atoms. The van der Waals surface area contributed by atoms with E-state index in [0.717, 1.165) is 12.8 Å². The highest BCUT2D eigenvalue weighted by molar-refractivity contribution is 7.14. The van der Waals surface area contributed by atoms with Gasteiger partial charge < -0.3 is 4.74 Å². The Kier molecular flexibility index (Phi) is 5.33. The van der Waals surface area contributed by atoms with Gasteiger partial charge in [0.25, 0.3) is 0 Å². The molecule has 138 valence electrons. The molecule has 1 atom stereocenters. The summed E-state index contributed by atoms with van der Waals surface area (Å²) in [5.74, 6) is -0.559. The van der Waals surface area contributed by atoms with Crippen LogP contribution in [0.2, 0.25) is 0 Å². The highest BCUT2D eigenvalue weighted by Crippen LogP contribution is 2.30. The maximum absolute atomic E-state index is 12.6. The van der Waals surface area contributed by atoms with Crippen LogP contribution in [-0.4, -0.2) is 17.9 Å². The van der Waals surface area contributed by atoms with Gasteiger partial charge in [-0.25, -0.2) is 4.79 Å². The van der Waals surface area contributed by atoms with Crippen LogP contribution in [0.25, 0.3) is 0 Å². The van der Waals surface area contributed by atoms with Crippen molar-refractivity contribution >= 4 is 23.1 Å². The molecule has 0 saturated heterocycles. The number of hydrogen-bond acceptors (Lipinski definition) is 4. The quantitative estimate of drug-likeness (QED) is 0.538. The van der Waals surface area contributed by atoms with Gasteiger partial charge in [-0.2, -0.15) is 0 Å². The second kappa shape index (κ2) is 7.36. The zero-order chi connectivity index (χ0) is 18.9. The predicted octanol–water partition coefficient (Wildman–Crippen LogP) is 5.35. The van der Waals surface area contributed by atoms with Crippen LogP contribution in [0, 0.1) is 0 Å². The first-order valence-electron chi connectivity index (χ1n) is 9.23. The fraction of sp³-hybridized carbons (Fsp3) is 0.455. The minimum Gasteiger partial charge on any atom is -0.450 e. The number of carbonyl (C=O) groups is 2. The van der Waals surface area contributed by atoms with Crippen molar-refractivity contribution in [3.63, 3.8) is 0 Å². The van der Waals surface area contributed by atoms with Crippen LogP contribution in [0.1, 0.15) is 76.6 Å². The number of ketones is 1. The van der Waals surface area contributed by atoms with E-state index in [4.69, 9.17) is 4.74 Å². The monoisotopic (exact) mass is 370 g/mol. The van der Waals surface area contributed by atoms with Crippen molar-refractivity contribution in [1.29, 1.82) is 0 Å². The fourth-order valence-electron chi connectivity index (χ4n) is 3.23. The van der Waals surface area contributed by atoms with Crippen molar-refractivity contribution in [2.24, 2.45) is 0 Å². The number of esters is 1. The molecular weight excluding hydrogens is 344 g/mol. The molecule has 0 N–H and O–H groups in total. The predicted molar refractivity (Wildman–Crippen MR) is 105 cm³/mol. The normalized spacial score (nSPS) is 15.2. The van der Waals surface area contributed by atoms with Gasteiger partial charge in [0.05, 0.1) is 0 Å². The largest absolute Gasteiger partial charge is 0.450 e. The summed E-state index contributed by atoms with van der Waals surface area (Å²) in [6.07, 6.45) is 3.65. The van der Waals surface area contributed by atoms with Gasteiger partial charge >= 0.3 is 5.97 Å². The van der Waals surface area contributed by atoms with Crippen molar-refractivity contribution in [1.82, 2.24) is 0 Å². The van der Waals surface area contributed by atoms with Crippen LogP contribution in [0.3, 0.4) is 0 Å². The van der Waals surface area contributed by atoms with Crippen molar-refractivity contribution in [2.75, 3.05) is 0 Å². The first-order chi connectivity index (χ1) is 12.3. The molecule has 3 nitrogen and oxygen atoms in total. The SMILES string of the molecule is C[C@H](OC(=O)c1cc2c(s1)CCCC2)C(=O)c1ccc(C(C)(C)C)cc1. The van der Waals surface area contributed by atoms with Crippen molar-refractivity contribution in [3.8, 4) is 0 Å². The van der Waals surface area contributed by atoms with E-state index in [1.807, 2.05) is 30.3 Å². The molecule has 1 heterocycles. The molecule has 1 aromatic carbocycles. The summed E-state index contributed by atoms with van der Waals surface area (Å²) in [7, 11) is 0. The zero-order valence-electron chi connectivity index (χ0n) is 15.9. The van der Waals surface area contributed by atoms with E-state index in [-0.39, 0.29) is 11.2 Å². The number of aryl methyl sites for hydroxylation is 2.